The fourth-order valence-electron chi connectivity index (χ4n) is 4.55. The quantitative estimate of drug-likeness (QED) is 0.757. The Hall–Kier alpha value is -2.59. The molecular weight excluding hydrogens is 336 g/mol. The van der Waals surface area contributed by atoms with E-state index in [1.54, 1.807) is 6.07 Å². The van der Waals surface area contributed by atoms with Crippen LogP contribution in [-0.4, -0.2) is 36.5 Å². The molecule has 4 nitrogen and oxygen atoms in total. The molecule has 0 radical (unpaired) electrons. The number of hydrogen-bond donors (Lipinski definition) is 1. The highest BCUT2D eigenvalue weighted by Gasteiger charge is 2.33. The van der Waals surface area contributed by atoms with Crippen LogP contribution in [0, 0.1) is 5.92 Å². The van der Waals surface area contributed by atoms with Crippen LogP contribution in [-0.2, 0) is 0 Å². The molecule has 3 saturated heterocycles. The Morgan fingerprint density at radius 1 is 1.00 bits per heavy atom. The predicted octanol–water partition coefficient (Wildman–Crippen LogP) is 4.31. The molecule has 1 N–H and O–H groups in total. The Bertz CT molecular complexity index is 973. The standard InChI is InChI=1S/C23H24N2O2/c26-23(24-20-15-25-12-3-6-17(20)11-13-25)22-10-9-21(27-22)19-8-7-16-4-1-2-5-18(16)14-19/h1-2,4-5,7-10,14,17,20H,3,6,11-13,15H2,(H,24,26). The average Bonchev–Trinajstić information content (AvgIpc) is 2.99. The molecule has 3 unspecified atom stereocenters. The third-order valence-electron chi connectivity index (χ3n) is 6.07. The van der Waals surface area contributed by atoms with Crippen molar-refractivity contribution in [3.8, 4) is 11.3 Å². The van der Waals surface area contributed by atoms with E-state index in [0.29, 0.717) is 11.7 Å². The van der Waals surface area contributed by atoms with Crippen molar-refractivity contribution in [2.75, 3.05) is 19.6 Å². The Kier molecular flexibility index (Phi) is 4.21. The summed E-state index contributed by atoms with van der Waals surface area (Å²) in [7, 11) is 0. The number of rotatable bonds is 3. The summed E-state index contributed by atoms with van der Waals surface area (Å²) in [6.45, 7) is 3.30. The predicted molar refractivity (Wildman–Crippen MR) is 107 cm³/mol. The van der Waals surface area contributed by atoms with Gasteiger partial charge in [0.1, 0.15) is 5.76 Å². The van der Waals surface area contributed by atoms with E-state index in [1.807, 2.05) is 24.3 Å². The van der Waals surface area contributed by atoms with Crippen LogP contribution >= 0.6 is 0 Å². The molecule has 2 aromatic carbocycles. The molecule has 4 heteroatoms. The first kappa shape index (κ1) is 16.6. The van der Waals surface area contributed by atoms with Crippen molar-refractivity contribution in [3.05, 3.63) is 60.4 Å². The molecule has 0 spiro atoms. The third-order valence-corrected chi connectivity index (χ3v) is 6.07. The number of amides is 1. The number of nitrogens with zero attached hydrogens (tertiary/aromatic N) is 1. The van der Waals surface area contributed by atoms with Gasteiger partial charge in [0.2, 0.25) is 0 Å². The van der Waals surface area contributed by atoms with Crippen molar-refractivity contribution >= 4 is 16.7 Å². The highest BCUT2D eigenvalue weighted by atomic mass is 16.3. The fraction of sp³-hybridized carbons (Fsp3) is 0.348. The zero-order valence-electron chi connectivity index (χ0n) is 15.4. The van der Waals surface area contributed by atoms with Gasteiger partial charge in [-0.25, -0.2) is 0 Å². The maximum Gasteiger partial charge on any atom is 0.287 e. The monoisotopic (exact) mass is 360 g/mol. The molecule has 138 valence electrons. The molecule has 3 fully saturated rings. The lowest BCUT2D eigenvalue weighted by Crippen LogP contribution is -2.50. The second kappa shape index (κ2) is 6.86. The number of fused-ring (bicyclic) bond motifs is 5. The number of nitrogens with one attached hydrogen (secondary N) is 1. The van der Waals surface area contributed by atoms with E-state index in [2.05, 4.69) is 34.5 Å². The first-order valence-corrected chi connectivity index (χ1v) is 9.88. The van der Waals surface area contributed by atoms with E-state index in [1.165, 1.54) is 36.6 Å². The number of hydrogen-bond acceptors (Lipinski definition) is 3. The van der Waals surface area contributed by atoms with Crippen LogP contribution in [0.2, 0.25) is 0 Å². The molecular formula is C23H24N2O2. The third kappa shape index (κ3) is 3.26. The van der Waals surface area contributed by atoms with Crippen LogP contribution in [0.5, 0.6) is 0 Å². The summed E-state index contributed by atoms with van der Waals surface area (Å²) < 4.78 is 5.91. The highest BCUT2D eigenvalue weighted by Crippen LogP contribution is 2.29. The minimum atomic E-state index is -0.0965. The maximum absolute atomic E-state index is 12.7. The summed E-state index contributed by atoms with van der Waals surface area (Å²) in [5.74, 6) is 1.63. The minimum absolute atomic E-state index is 0.0965. The van der Waals surface area contributed by atoms with Gasteiger partial charge in [-0.3, -0.25) is 4.79 Å². The van der Waals surface area contributed by atoms with E-state index in [4.69, 9.17) is 4.42 Å². The van der Waals surface area contributed by atoms with Crippen LogP contribution in [0.25, 0.3) is 22.1 Å². The van der Waals surface area contributed by atoms with E-state index in [0.717, 1.165) is 24.4 Å². The zero-order chi connectivity index (χ0) is 18.2. The maximum atomic E-state index is 12.7. The van der Waals surface area contributed by atoms with Crippen molar-refractivity contribution in [2.24, 2.45) is 5.92 Å². The highest BCUT2D eigenvalue weighted by molar-refractivity contribution is 5.93. The van der Waals surface area contributed by atoms with Crippen LogP contribution in [0.1, 0.15) is 29.8 Å². The van der Waals surface area contributed by atoms with Crippen molar-refractivity contribution in [3.63, 3.8) is 0 Å². The summed E-state index contributed by atoms with van der Waals surface area (Å²) in [5.41, 5.74) is 0.993. The normalized spacial score (nSPS) is 24.7. The first-order chi connectivity index (χ1) is 13.3. The van der Waals surface area contributed by atoms with Gasteiger partial charge in [-0.05, 0) is 67.2 Å². The zero-order valence-corrected chi connectivity index (χ0v) is 15.4. The summed E-state index contributed by atoms with van der Waals surface area (Å²) in [6, 6.07) is 18.4. The van der Waals surface area contributed by atoms with Crippen molar-refractivity contribution < 1.29 is 9.21 Å². The Labute approximate surface area is 159 Å². The van der Waals surface area contributed by atoms with Gasteiger partial charge < -0.3 is 14.6 Å². The van der Waals surface area contributed by atoms with Gasteiger partial charge in [-0.1, -0.05) is 36.4 Å². The van der Waals surface area contributed by atoms with Gasteiger partial charge in [-0.15, -0.1) is 0 Å². The summed E-state index contributed by atoms with van der Waals surface area (Å²) in [4.78, 5) is 15.2. The number of furan rings is 1. The van der Waals surface area contributed by atoms with Gasteiger partial charge in [-0.2, -0.15) is 0 Å². The lowest BCUT2D eigenvalue weighted by molar-refractivity contribution is 0.0853. The van der Waals surface area contributed by atoms with E-state index >= 15 is 0 Å². The van der Waals surface area contributed by atoms with Crippen LogP contribution in [0.15, 0.2) is 59.0 Å². The molecule has 6 rings (SSSR count). The number of carbonyl (C=O) groups excluding carboxylic acids is 1. The summed E-state index contributed by atoms with van der Waals surface area (Å²) in [5, 5.41) is 5.59. The fourth-order valence-corrected chi connectivity index (χ4v) is 4.55. The van der Waals surface area contributed by atoms with Crippen LogP contribution in [0.3, 0.4) is 0 Å². The second-order valence-electron chi connectivity index (χ2n) is 7.80. The Balaban J connectivity index is 1.34. The number of carbonyl (C=O) groups is 1. The number of piperidine rings is 1. The SMILES string of the molecule is O=C(NC1CN2CCCC1CC2)c1ccc(-c2ccc3ccccc3c2)o1. The van der Waals surface area contributed by atoms with E-state index in [-0.39, 0.29) is 11.9 Å². The van der Waals surface area contributed by atoms with Crippen LogP contribution in [0.4, 0.5) is 0 Å². The second-order valence-corrected chi connectivity index (χ2v) is 7.80. The van der Waals surface area contributed by atoms with Gasteiger partial charge in [0.05, 0.1) is 0 Å². The average molecular weight is 360 g/mol. The van der Waals surface area contributed by atoms with Crippen molar-refractivity contribution in [1.82, 2.24) is 10.2 Å². The van der Waals surface area contributed by atoms with Crippen LogP contribution < -0.4 is 5.32 Å². The van der Waals surface area contributed by atoms with Gasteiger partial charge in [0.15, 0.2) is 5.76 Å². The van der Waals surface area contributed by atoms with E-state index in [9.17, 15) is 4.79 Å². The van der Waals surface area contributed by atoms with Crippen molar-refractivity contribution in [2.45, 2.75) is 25.3 Å². The molecule has 0 aliphatic carbocycles. The van der Waals surface area contributed by atoms with Crippen molar-refractivity contribution in [1.29, 1.82) is 0 Å². The molecule has 27 heavy (non-hydrogen) atoms. The molecule has 3 aliphatic rings. The van der Waals surface area contributed by atoms with Gasteiger partial charge in [0, 0.05) is 18.2 Å². The molecule has 4 heterocycles. The summed E-state index contributed by atoms with van der Waals surface area (Å²) >= 11 is 0. The van der Waals surface area contributed by atoms with E-state index < -0.39 is 0 Å². The Morgan fingerprint density at radius 3 is 2.81 bits per heavy atom. The van der Waals surface area contributed by atoms with Gasteiger partial charge >= 0.3 is 0 Å². The lowest BCUT2D eigenvalue weighted by atomic mass is 9.90. The lowest BCUT2D eigenvalue weighted by Gasteiger charge is -2.34. The molecule has 0 saturated carbocycles. The first-order valence-electron chi connectivity index (χ1n) is 9.88. The smallest absolute Gasteiger partial charge is 0.287 e. The molecule has 3 aromatic rings. The molecule has 3 atom stereocenters. The number of benzene rings is 2. The van der Waals surface area contributed by atoms with Gasteiger partial charge in [0.25, 0.3) is 5.91 Å². The minimum Gasteiger partial charge on any atom is -0.451 e. The molecule has 1 aromatic heterocycles. The molecule has 1 amide bonds. The summed E-state index contributed by atoms with van der Waals surface area (Å²) in [6.07, 6.45) is 3.64. The Morgan fingerprint density at radius 2 is 1.89 bits per heavy atom. The molecule has 3 aliphatic heterocycles. The largest absolute Gasteiger partial charge is 0.451 e. The topological polar surface area (TPSA) is 45.5 Å². The molecule has 2 bridgehead atoms.